The lowest BCUT2D eigenvalue weighted by molar-refractivity contribution is 0.0978. The standard InChI is InChI=1S/C23H17Cl2F2N3O4S/c1-35(32,33)29-23(31)16-11-18(24)21(12-19(16)27)30-20-7-6-15(10-17(20)22(25)28-30)34-9-8-13-2-4-14(26)5-3-13/h2-7,10-12H,8-9H2,1H3,(H,29,31). The van der Waals surface area contributed by atoms with Crippen molar-refractivity contribution in [3.8, 4) is 11.4 Å². The Morgan fingerprint density at radius 3 is 2.49 bits per heavy atom. The van der Waals surface area contributed by atoms with E-state index in [2.05, 4.69) is 5.10 Å². The van der Waals surface area contributed by atoms with Crippen LogP contribution in [0.1, 0.15) is 15.9 Å². The number of hydrogen-bond donors (Lipinski definition) is 1. The van der Waals surface area contributed by atoms with E-state index in [4.69, 9.17) is 27.9 Å². The van der Waals surface area contributed by atoms with E-state index in [1.54, 1.807) is 35.1 Å². The Morgan fingerprint density at radius 2 is 1.80 bits per heavy atom. The van der Waals surface area contributed by atoms with Crippen LogP contribution in [0.25, 0.3) is 16.6 Å². The summed E-state index contributed by atoms with van der Waals surface area (Å²) in [5, 5.41) is 4.79. The van der Waals surface area contributed by atoms with E-state index in [0.29, 0.717) is 29.7 Å². The van der Waals surface area contributed by atoms with Crippen molar-refractivity contribution in [3.05, 3.63) is 87.5 Å². The highest BCUT2D eigenvalue weighted by Gasteiger charge is 2.21. The number of fused-ring (bicyclic) bond motifs is 1. The van der Waals surface area contributed by atoms with Gasteiger partial charge in [0.15, 0.2) is 5.15 Å². The fourth-order valence-electron chi connectivity index (χ4n) is 3.37. The molecule has 1 amide bonds. The summed E-state index contributed by atoms with van der Waals surface area (Å²) < 4.78 is 59.1. The quantitative estimate of drug-likeness (QED) is 0.360. The molecule has 0 atom stereocenters. The van der Waals surface area contributed by atoms with E-state index in [1.165, 1.54) is 16.8 Å². The lowest BCUT2D eigenvalue weighted by Gasteiger charge is -2.10. The summed E-state index contributed by atoms with van der Waals surface area (Å²) in [6, 6.07) is 13.1. The van der Waals surface area contributed by atoms with Gasteiger partial charge in [0, 0.05) is 17.9 Å². The zero-order valence-corrected chi connectivity index (χ0v) is 20.4. The molecule has 4 aromatic rings. The van der Waals surface area contributed by atoms with Crippen LogP contribution in [0.4, 0.5) is 8.78 Å². The van der Waals surface area contributed by atoms with Gasteiger partial charge >= 0.3 is 0 Å². The number of hydrogen-bond acceptors (Lipinski definition) is 5. The number of carbonyl (C=O) groups is 1. The third-order valence-electron chi connectivity index (χ3n) is 4.97. The molecule has 0 aliphatic rings. The van der Waals surface area contributed by atoms with Crippen LogP contribution in [0.15, 0.2) is 54.6 Å². The molecule has 1 N–H and O–H groups in total. The number of rotatable bonds is 7. The van der Waals surface area contributed by atoms with E-state index < -0.39 is 27.3 Å². The minimum atomic E-state index is -3.89. The molecule has 0 saturated heterocycles. The smallest absolute Gasteiger partial charge is 0.267 e. The molecular weight excluding hydrogens is 523 g/mol. The molecule has 0 aliphatic heterocycles. The first-order chi connectivity index (χ1) is 16.5. The maximum atomic E-state index is 14.7. The molecule has 0 unspecified atom stereocenters. The fraction of sp³-hybridized carbons (Fsp3) is 0.130. The number of halogens is 4. The van der Waals surface area contributed by atoms with Gasteiger partial charge in [0.25, 0.3) is 5.91 Å². The number of amides is 1. The first-order valence-corrected chi connectivity index (χ1v) is 12.7. The zero-order valence-electron chi connectivity index (χ0n) is 18.1. The summed E-state index contributed by atoms with van der Waals surface area (Å²) in [5.41, 5.74) is 0.977. The van der Waals surface area contributed by atoms with Crippen LogP contribution in [0.2, 0.25) is 10.2 Å². The SMILES string of the molecule is CS(=O)(=O)NC(=O)c1cc(Cl)c(-n2nc(Cl)c3cc(OCCc4ccc(F)cc4)ccc32)cc1F. The first-order valence-electron chi connectivity index (χ1n) is 10.1. The van der Waals surface area contributed by atoms with Gasteiger partial charge in [0.1, 0.15) is 17.4 Å². The van der Waals surface area contributed by atoms with E-state index in [9.17, 15) is 22.0 Å². The number of aromatic nitrogens is 2. The first kappa shape index (κ1) is 24.9. The van der Waals surface area contributed by atoms with Gasteiger partial charge in [-0.2, -0.15) is 5.10 Å². The lowest BCUT2D eigenvalue weighted by Crippen LogP contribution is -2.30. The molecule has 0 bridgehead atoms. The predicted octanol–water partition coefficient (Wildman–Crippen LogP) is 4.92. The van der Waals surface area contributed by atoms with Crippen LogP contribution < -0.4 is 9.46 Å². The minimum absolute atomic E-state index is 0.0502. The van der Waals surface area contributed by atoms with Crippen molar-refractivity contribution in [1.29, 1.82) is 0 Å². The Labute approximate surface area is 209 Å². The van der Waals surface area contributed by atoms with Gasteiger partial charge in [-0.1, -0.05) is 35.3 Å². The van der Waals surface area contributed by atoms with Gasteiger partial charge in [0.2, 0.25) is 10.0 Å². The number of carbonyl (C=O) groups excluding carboxylic acids is 1. The number of nitrogens with one attached hydrogen (secondary N) is 1. The molecule has 3 aromatic carbocycles. The van der Waals surface area contributed by atoms with Crippen LogP contribution in [0.3, 0.4) is 0 Å². The average molecular weight is 540 g/mol. The maximum absolute atomic E-state index is 14.7. The Kier molecular flexibility index (Phi) is 6.98. The van der Waals surface area contributed by atoms with E-state index >= 15 is 0 Å². The fourth-order valence-corrected chi connectivity index (χ4v) is 4.29. The Morgan fingerprint density at radius 1 is 1.09 bits per heavy atom. The number of benzene rings is 3. The van der Waals surface area contributed by atoms with Gasteiger partial charge in [-0.25, -0.2) is 26.6 Å². The number of nitrogens with zero attached hydrogens (tertiary/aromatic N) is 2. The summed E-state index contributed by atoms with van der Waals surface area (Å²) in [4.78, 5) is 12.1. The number of sulfonamides is 1. The van der Waals surface area contributed by atoms with Crippen molar-refractivity contribution in [3.63, 3.8) is 0 Å². The van der Waals surface area contributed by atoms with Crippen LogP contribution in [-0.2, 0) is 16.4 Å². The molecule has 182 valence electrons. The predicted molar refractivity (Wildman–Crippen MR) is 129 cm³/mol. The summed E-state index contributed by atoms with van der Waals surface area (Å²) in [6.45, 7) is 0.344. The molecule has 0 aliphatic carbocycles. The average Bonchev–Trinajstić information content (AvgIpc) is 3.11. The van der Waals surface area contributed by atoms with E-state index in [1.807, 2.05) is 0 Å². The highest BCUT2D eigenvalue weighted by Crippen LogP contribution is 2.32. The van der Waals surface area contributed by atoms with Gasteiger partial charge < -0.3 is 4.74 Å². The van der Waals surface area contributed by atoms with E-state index in [-0.39, 0.29) is 21.7 Å². The summed E-state index contributed by atoms with van der Waals surface area (Å²) >= 11 is 12.6. The Hall–Kier alpha value is -3.21. The van der Waals surface area contributed by atoms with Gasteiger partial charge in [-0.15, -0.1) is 0 Å². The van der Waals surface area contributed by atoms with Crippen molar-refractivity contribution in [2.45, 2.75) is 6.42 Å². The second-order valence-electron chi connectivity index (χ2n) is 7.59. The molecule has 0 saturated carbocycles. The molecule has 4 rings (SSSR count). The van der Waals surface area contributed by atoms with Crippen molar-refractivity contribution in [2.24, 2.45) is 0 Å². The highest BCUT2D eigenvalue weighted by molar-refractivity contribution is 7.89. The highest BCUT2D eigenvalue weighted by atomic mass is 35.5. The third kappa shape index (κ3) is 5.72. The van der Waals surface area contributed by atoms with Crippen molar-refractivity contribution in [2.75, 3.05) is 12.9 Å². The molecule has 7 nitrogen and oxygen atoms in total. The molecule has 0 fully saturated rings. The topological polar surface area (TPSA) is 90.3 Å². The summed E-state index contributed by atoms with van der Waals surface area (Å²) in [7, 11) is -3.89. The van der Waals surface area contributed by atoms with Crippen LogP contribution in [0, 0.1) is 11.6 Å². The Balaban J connectivity index is 1.59. The largest absolute Gasteiger partial charge is 0.493 e. The summed E-state index contributed by atoms with van der Waals surface area (Å²) in [5.74, 6) is -1.93. The molecule has 1 aromatic heterocycles. The van der Waals surface area contributed by atoms with Crippen molar-refractivity contribution in [1.82, 2.24) is 14.5 Å². The maximum Gasteiger partial charge on any atom is 0.267 e. The molecule has 0 radical (unpaired) electrons. The second kappa shape index (κ2) is 9.80. The molecule has 1 heterocycles. The lowest BCUT2D eigenvalue weighted by atomic mass is 10.1. The summed E-state index contributed by atoms with van der Waals surface area (Å²) in [6.07, 6.45) is 1.34. The number of ether oxygens (including phenoxy) is 1. The van der Waals surface area contributed by atoms with Crippen molar-refractivity contribution >= 4 is 50.0 Å². The van der Waals surface area contributed by atoms with E-state index in [0.717, 1.165) is 24.0 Å². The second-order valence-corrected chi connectivity index (χ2v) is 10.1. The Bertz CT molecular complexity index is 1540. The third-order valence-corrected chi connectivity index (χ3v) is 6.10. The monoisotopic (exact) mass is 539 g/mol. The molecule has 12 heteroatoms. The van der Waals surface area contributed by atoms with Crippen LogP contribution >= 0.6 is 23.2 Å². The van der Waals surface area contributed by atoms with Crippen LogP contribution in [0.5, 0.6) is 5.75 Å². The van der Waals surface area contributed by atoms with Crippen molar-refractivity contribution < 1.29 is 26.7 Å². The minimum Gasteiger partial charge on any atom is -0.493 e. The molecule has 0 spiro atoms. The molecular formula is C23H17Cl2F2N3O4S. The van der Waals surface area contributed by atoms with Gasteiger partial charge in [0.05, 0.1) is 34.7 Å². The van der Waals surface area contributed by atoms with Gasteiger partial charge in [-0.3, -0.25) is 4.79 Å². The van der Waals surface area contributed by atoms with Gasteiger partial charge in [-0.05, 0) is 42.0 Å². The zero-order chi connectivity index (χ0) is 25.3. The molecule has 35 heavy (non-hydrogen) atoms. The van der Waals surface area contributed by atoms with Crippen LogP contribution in [-0.4, -0.2) is 37.0 Å². The normalized spacial score (nSPS) is 11.6.